The monoisotopic (exact) mass is 931 g/mol. The van der Waals surface area contributed by atoms with E-state index in [0.29, 0.717) is 0 Å². The molecule has 0 aliphatic heterocycles. The average Bonchev–Trinajstić information content (AvgIpc) is 4.15. The molecule has 0 amide bonds. The van der Waals surface area contributed by atoms with Crippen LogP contribution in [0.5, 0.6) is 0 Å². The lowest BCUT2D eigenvalue weighted by Crippen LogP contribution is -2.28. The fraction of sp³-hybridized carbons (Fsp3) is 0.0704. The summed E-state index contributed by atoms with van der Waals surface area (Å²) in [6.07, 6.45) is 0. The van der Waals surface area contributed by atoms with E-state index in [9.17, 15) is 0 Å². The fourth-order valence-electron chi connectivity index (χ4n) is 13.8. The summed E-state index contributed by atoms with van der Waals surface area (Å²) in [5.74, 6) is 0. The first-order valence-electron chi connectivity index (χ1n) is 25.6. The molecule has 0 radical (unpaired) electrons. The maximum Gasteiger partial charge on any atom is 0.159 e. The van der Waals surface area contributed by atoms with Crippen molar-refractivity contribution in [3.8, 4) is 33.4 Å². The Hall–Kier alpha value is -8.98. The third-order valence-corrected chi connectivity index (χ3v) is 16.8. The zero-order valence-corrected chi connectivity index (χ0v) is 40.7. The molecule has 1 aromatic heterocycles. The Labute approximate surface area is 426 Å². The number of para-hydroxylation sites is 2. The molecule has 0 spiro atoms. The molecule has 3 aliphatic rings. The van der Waals surface area contributed by atoms with Crippen molar-refractivity contribution in [3.63, 3.8) is 0 Å². The van der Waals surface area contributed by atoms with E-state index < -0.39 is 10.8 Å². The molecule has 12 aromatic rings. The molecular formula is C71H49NO. The standard InChI is InChI=1S/C71H49NO/c1-69(2)59-34-16-12-28-51(59)55-42-40-49(44-64(55)69)72(50-41-43-56-54-31-13-17-35-60(54)70(65(56)45-50,46-22-6-3-7-23-46)47-24-8-4-9-25-47)66-39-21-33-58-57-32-20-38-63(67(57)73-68(58)66)71(48-26-10-5-11-27-48)61-36-18-14-29-52(61)53-30-15-19-37-62(53)71/h3-45H,1-2H3. The number of nitrogens with zero attached hydrogens (tertiary/aromatic N) is 1. The van der Waals surface area contributed by atoms with Gasteiger partial charge in [0.15, 0.2) is 5.58 Å². The molecule has 0 atom stereocenters. The van der Waals surface area contributed by atoms with Crippen molar-refractivity contribution in [2.24, 2.45) is 0 Å². The molecule has 0 unspecified atom stereocenters. The topological polar surface area (TPSA) is 16.4 Å². The molecule has 73 heavy (non-hydrogen) atoms. The molecule has 0 saturated carbocycles. The van der Waals surface area contributed by atoms with E-state index in [0.717, 1.165) is 44.6 Å². The first-order chi connectivity index (χ1) is 36.0. The summed E-state index contributed by atoms with van der Waals surface area (Å²) in [6, 6.07) is 96.9. The second-order valence-electron chi connectivity index (χ2n) is 20.6. The smallest absolute Gasteiger partial charge is 0.159 e. The summed E-state index contributed by atoms with van der Waals surface area (Å²) in [5, 5.41) is 2.17. The summed E-state index contributed by atoms with van der Waals surface area (Å²) >= 11 is 0. The summed E-state index contributed by atoms with van der Waals surface area (Å²) in [4.78, 5) is 2.47. The summed E-state index contributed by atoms with van der Waals surface area (Å²) in [6.45, 7) is 4.74. The highest BCUT2D eigenvalue weighted by molar-refractivity contribution is 6.12. The van der Waals surface area contributed by atoms with Crippen LogP contribution in [0.2, 0.25) is 0 Å². The van der Waals surface area contributed by atoms with Crippen LogP contribution in [0.4, 0.5) is 17.1 Å². The molecule has 2 nitrogen and oxygen atoms in total. The van der Waals surface area contributed by atoms with Gasteiger partial charge in [-0.15, -0.1) is 0 Å². The first-order valence-corrected chi connectivity index (χ1v) is 25.6. The largest absolute Gasteiger partial charge is 0.453 e. The maximum absolute atomic E-state index is 7.69. The minimum absolute atomic E-state index is 0.206. The van der Waals surface area contributed by atoms with Gasteiger partial charge in [-0.2, -0.15) is 0 Å². The van der Waals surface area contributed by atoms with Gasteiger partial charge in [0.1, 0.15) is 5.58 Å². The lowest BCUT2D eigenvalue weighted by atomic mass is 9.67. The molecule has 2 heteroatoms. The Bertz CT molecular complexity index is 4100. The van der Waals surface area contributed by atoms with Gasteiger partial charge < -0.3 is 9.32 Å². The first kappa shape index (κ1) is 41.8. The molecule has 0 fully saturated rings. The number of hydrogen-bond acceptors (Lipinski definition) is 2. The fourth-order valence-corrected chi connectivity index (χ4v) is 13.8. The zero-order chi connectivity index (χ0) is 48.5. The maximum atomic E-state index is 7.69. The van der Waals surface area contributed by atoms with Crippen molar-refractivity contribution in [1.29, 1.82) is 0 Å². The van der Waals surface area contributed by atoms with Gasteiger partial charge in [0.05, 0.1) is 16.5 Å². The van der Waals surface area contributed by atoms with Crippen molar-refractivity contribution in [2.75, 3.05) is 4.90 Å². The van der Waals surface area contributed by atoms with Gasteiger partial charge in [0, 0.05) is 33.1 Å². The molecule has 0 saturated heterocycles. The Morgan fingerprint density at radius 2 is 0.671 bits per heavy atom. The molecule has 1 heterocycles. The lowest BCUT2D eigenvalue weighted by Gasteiger charge is -2.35. The van der Waals surface area contributed by atoms with Crippen LogP contribution in [0.15, 0.2) is 265 Å². The molecule has 0 bridgehead atoms. The average molecular weight is 932 g/mol. The van der Waals surface area contributed by atoms with Crippen LogP contribution in [0, 0.1) is 0 Å². The van der Waals surface area contributed by atoms with Crippen LogP contribution in [0.3, 0.4) is 0 Å². The van der Waals surface area contributed by atoms with Crippen LogP contribution >= 0.6 is 0 Å². The van der Waals surface area contributed by atoms with Crippen LogP contribution in [0.25, 0.3) is 55.3 Å². The SMILES string of the molecule is CC1(C)c2ccccc2-c2ccc(N(c3ccc4c(c3)C(c3ccccc3)(c3ccccc3)c3ccccc3-4)c3cccc4c3oc3c(C5(c6ccccc6)c6ccccc6-c6ccccc65)cccc34)cc21. The quantitative estimate of drug-likeness (QED) is 0.158. The van der Waals surface area contributed by atoms with E-state index in [2.05, 4.69) is 280 Å². The highest BCUT2D eigenvalue weighted by atomic mass is 16.3. The van der Waals surface area contributed by atoms with E-state index in [1.165, 1.54) is 83.5 Å². The molecule has 15 rings (SSSR count). The number of furan rings is 1. The molecule has 11 aromatic carbocycles. The predicted octanol–water partition coefficient (Wildman–Crippen LogP) is 18.1. The second kappa shape index (κ2) is 15.5. The van der Waals surface area contributed by atoms with Crippen molar-refractivity contribution in [1.82, 2.24) is 0 Å². The summed E-state index contributed by atoms with van der Waals surface area (Å²) in [7, 11) is 0. The molecule has 3 aliphatic carbocycles. The minimum Gasteiger partial charge on any atom is -0.453 e. The number of benzene rings is 11. The zero-order valence-electron chi connectivity index (χ0n) is 40.7. The molecule has 344 valence electrons. The van der Waals surface area contributed by atoms with Crippen LogP contribution < -0.4 is 4.90 Å². The number of rotatable bonds is 7. The van der Waals surface area contributed by atoms with Gasteiger partial charge in [0.2, 0.25) is 0 Å². The van der Waals surface area contributed by atoms with Crippen LogP contribution in [-0.2, 0) is 16.2 Å². The highest BCUT2D eigenvalue weighted by Crippen LogP contribution is 2.60. The van der Waals surface area contributed by atoms with E-state index >= 15 is 0 Å². The third-order valence-electron chi connectivity index (χ3n) is 16.8. The normalized spacial score (nSPS) is 14.8. The molecule has 0 N–H and O–H groups in total. The Morgan fingerprint density at radius 1 is 0.288 bits per heavy atom. The van der Waals surface area contributed by atoms with Crippen LogP contribution in [-0.4, -0.2) is 0 Å². The second-order valence-corrected chi connectivity index (χ2v) is 20.6. The van der Waals surface area contributed by atoms with Gasteiger partial charge in [-0.25, -0.2) is 0 Å². The van der Waals surface area contributed by atoms with Crippen molar-refractivity contribution < 1.29 is 4.42 Å². The Morgan fingerprint density at radius 3 is 1.22 bits per heavy atom. The number of fused-ring (bicyclic) bond motifs is 12. The number of hydrogen-bond donors (Lipinski definition) is 0. The van der Waals surface area contributed by atoms with E-state index in [-0.39, 0.29) is 5.41 Å². The third kappa shape index (κ3) is 5.58. The van der Waals surface area contributed by atoms with Crippen molar-refractivity contribution in [3.05, 3.63) is 316 Å². The Kier molecular flexibility index (Phi) is 8.87. The lowest BCUT2D eigenvalue weighted by molar-refractivity contribution is 0.648. The Balaban J connectivity index is 1.02. The predicted molar refractivity (Wildman–Crippen MR) is 301 cm³/mol. The van der Waals surface area contributed by atoms with Gasteiger partial charge in [-0.1, -0.05) is 244 Å². The van der Waals surface area contributed by atoms with Crippen molar-refractivity contribution in [2.45, 2.75) is 30.1 Å². The molecular weight excluding hydrogens is 883 g/mol. The number of anilines is 3. The highest BCUT2D eigenvalue weighted by Gasteiger charge is 2.49. The van der Waals surface area contributed by atoms with E-state index in [4.69, 9.17) is 4.42 Å². The van der Waals surface area contributed by atoms with Gasteiger partial charge in [-0.05, 0) is 114 Å². The van der Waals surface area contributed by atoms with Gasteiger partial charge in [0.25, 0.3) is 0 Å². The van der Waals surface area contributed by atoms with E-state index in [1.54, 1.807) is 0 Å². The summed E-state index contributed by atoms with van der Waals surface area (Å²) < 4.78 is 7.69. The van der Waals surface area contributed by atoms with Crippen molar-refractivity contribution >= 4 is 39.0 Å². The van der Waals surface area contributed by atoms with Crippen LogP contribution in [0.1, 0.15) is 69.5 Å². The van der Waals surface area contributed by atoms with E-state index in [1.807, 2.05) is 0 Å². The van der Waals surface area contributed by atoms with Gasteiger partial charge >= 0.3 is 0 Å². The summed E-state index contributed by atoms with van der Waals surface area (Å²) in [5.41, 5.74) is 23.6. The minimum atomic E-state index is -0.630. The van der Waals surface area contributed by atoms with Gasteiger partial charge in [-0.3, -0.25) is 0 Å².